The minimum absolute atomic E-state index is 0.0127. The van der Waals surface area contributed by atoms with Crippen molar-refractivity contribution < 1.29 is 9.59 Å². The molecule has 3 aliphatic rings. The maximum Gasteiger partial charge on any atom is 0.185 e. The Morgan fingerprint density at radius 3 is 2.33 bits per heavy atom. The van der Waals surface area contributed by atoms with Crippen LogP contribution in [0.1, 0.15) is 40.0 Å². The van der Waals surface area contributed by atoms with Gasteiger partial charge in [-0.05, 0) is 33.6 Å². The lowest BCUT2D eigenvalue weighted by molar-refractivity contribution is -0.116. The van der Waals surface area contributed by atoms with Crippen molar-refractivity contribution in [3.05, 3.63) is 46.6 Å². The fourth-order valence-electron chi connectivity index (χ4n) is 3.62. The van der Waals surface area contributed by atoms with Gasteiger partial charge in [0.05, 0.1) is 12.1 Å². The highest BCUT2D eigenvalue weighted by atomic mass is 16.1. The molecule has 0 fully saturated rings. The van der Waals surface area contributed by atoms with Crippen LogP contribution < -0.4 is 0 Å². The molecule has 1 heterocycles. The molecular formula is C20H24N2O2. The molecule has 0 aromatic heterocycles. The molecule has 24 heavy (non-hydrogen) atoms. The molecule has 2 unspecified atom stereocenters. The summed E-state index contributed by atoms with van der Waals surface area (Å²) in [7, 11) is 2.07. The van der Waals surface area contributed by atoms with Gasteiger partial charge in [0, 0.05) is 35.8 Å². The summed E-state index contributed by atoms with van der Waals surface area (Å²) < 4.78 is 0. The highest BCUT2D eigenvalue weighted by molar-refractivity contribution is 6.24. The molecule has 0 saturated carbocycles. The van der Waals surface area contributed by atoms with Crippen LogP contribution in [0.15, 0.2) is 51.6 Å². The van der Waals surface area contributed by atoms with Gasteiger partial charge in [-0.2, -0.15) is 0 Å². The molecule has 4 heteroatoms. The zero-order valence-electron chi connectivity index (χ0n) is 14.8. The smallest absolute Gasteiger partial charge is 0.185 e. The van der Waals surface area contributed by atoms with Crippen molar-refractivity contribution in [1.29, 1.82) is 0 Å². The quantitative estimate of drug-likeness (QED) is 0.746. The van der Waals surface area contributed by atoms with E-state index >= 15 is 0 Å². The second-order valence-corrected chi connectivity index (χ2v) is 6.77. The van der Waals surface area contributed by atoms with Gasteiger partial charge in [-0.1, -0.05) is 24.3 Å². The lowest BCUT2D eigenvalue weighted by atomic mass is 9.84. The van der Waals surface area contributed by atoms with E-state index in [1.54, 1.807) is 20.8 Å². The number of amidine groups is 1. The predicted molar refractivity (Wildman–Crippen MR) is 96.0 cm³/mol. The number of Topliss-reactive ketones (excluding diaryl/α,β-unsaturated/α-hetero) is 2. The topological polar surface area (TPSA) is 49.7 Å². The maximum absolute atomic E-state index is 12.5. The number of fused-ring (bicyclic) bond motifs is 1. The third kappa shape index (κ3) is 2.70. The van der Waals surface area contributed by atoms with Crippen LogP contribution in [0.3, 0.4) is 0 Å². The van der Waals surface area contributed by atoms with E-state index in [1.165, 1.54) is 0 Å². The SMILES string of the molecule is CC1=C(C)C(=O)C(CCCC2=NC3C=CC=CC3N2C)=C(C)C1=O. The highest BCUT2D eigenvalue weighted by Gasteiger charge is 2.31. The number of hydrogen-bond acceptors (Lipinski definition) is 4. The molecule has 4 nitrogen and oxygen atoms in total. The molecule has 2 atom stereocenters. The Labute approximate surface area is 143 Å². The van der Waals surface area contributed by atoms with Crippen LogP contribution in [-0.2, 0) is 9.59 Å². The fourth-order valence-corrected chi connectivity index (χ4v) is 3.62. The molecule has 0 bridgehead atoms. The largest absolute Gasteiger partial charge is 0.354 e. The van der Waals surface area contributed by atoms with Crippen LogP contribution in [0, 0.1) is 0 Å². The van der Waals surface area contributed by atoms with E-state index in [-0.39, 0.29) is 17.6 Å². The van der Waals surface area contributed by atoms with Gasteiger partial charge in [0.15, 0.2) is 11.6 Å². The molecule has 1 aliphatic heterocycles. The summed E-state index contributed by atoms with van der Waals surface area (Å²) in [6, 6.07) is 0.526. The Bertz CT molecular complexity index is 750. The molecular weight excluding hydrogens is 300 g/mol. The van der Waals surface area contributed by atoms with E-state index in [0.29, 0.717) is 34.8 Å². The van der Waals surface area contributed by atoms with Crippen LogP contribution >= 0.6 is 0 Å². The predicted octanol–water partition coefficient (Wildman–Crippen LogP) is 3.17. The first kappa shape index (κ1) is 16.6. The summed E-state index contributed by atoms with van der Waals surface area (Å²) in [6.45, 7) is 5.26. The van der Waals surface area contributed by atoms with E-state index < -0.39 is 0 Å². The van der Waals surface area contributed by atoms with E-state index in [9.17, 15) is 9.59 Å². The van der Waals surface area contributed by atoms with Crippen LogP contribution in [0.2, 0.25) is 0 Å². The van der Waals surface area contributed by atoms with Crippen molar-refractivity contribution in [2.45, 2.75) is 52.1 Å². The van der Waals surface area contributed by atoms with Crippen LogP contribution in [0.4, 0.5) is 0 Å². The average Bonchev–Trinajstić information content (AvgIpc) is 2.91. The van der Waals surface area contributed by atoms with Crippen molar-refractivity contribution in [2.24, 2.45) is 4.99 Å². The first-order chi connectivity index (χ1) is 11.4. The molecule has 0 amide bonds. The van der Waals surface area contributed by atoms with E-state index in [1.807, 2.05) is 6.08 Å². The van der Waals surface area contributed by atoms with Gasteiger partial charge >= 0.3 is 0 Å². The second kappa shape index (κ2) is 6.34. The van der Waals surface area contributed by atoms with E-state index in [4.69, 9.17) is 4.99 Å². The number of rotatable bonds is 4. The van der Waals surface area contributed by atoms with Gasteiger partial charge in [-0.3, -0.25) is 14.6 Å². The lowest BCUT2D eigenvalue weighted by Gasteiger charge is -2.24. The number of nitrogens with zero attached hydrogens (tertiary/aromatic N) is 2. The normalized spacial score (nSPS) is 26.5. The van der Waals surface area contributed by atoms with Gasteiger partial charge in [-0.25, -0.2) is 0 Å². The minimum Gasteiger partial charge on any atom is -0.354 e. The van der Waals surface area contributed by atoms with Gasteiger partial charge in [-0.15, -0.1) is 0 Å². The first-order valence-electron chi connectivity index (χ1n) is 8.53. The zero-order valence-corrected chi connectivity index (χ0v) is 14.8. The third-order valence-corrected chi connectivity index (χ3v) is 5.37. The van der Waals surface area contributed by atoms with Crippen molar-refractivity contribution >= 4 is 17.4 Å². The number of carbonyl (C=O) groups is 2. The Balaban J connectivity index is 1.65. The summed E-state index contributed by atoms with van der Waals surface area (Å²) >= 11 is 0. The van der Waals surface area contributed by atoms with Gasteiger partial charge < -0.3 is 4.90 Å². The molecule has 0 saturated heterocycles. The third-order valence-electron chi connectivity index (χ3n) is 5.37. The molecule has 0 N–H and O–H groups in total. The Kier molecular flexibility index (Phi) is 4.39. The summed E-state index contributed by atoms with van der Waals surface area (Å²) in [4.78, 5) is 31.7. The molecule has 2 aliphatic carbocycles. The molecule has 0 aromatic rings. The second-order valence-electron chi connectivity index (χ2n) is 6.77. The van der Waals surface area contributed by atoms with Crippen molar-refractivity contribution in [1.82, 2.24) is 4.90 Å². The number of aliphatic imine (C=N–C) groups is 1. The van der Waals surface area contributed by atoms with Gasteiger partial charge in [0.2, 0.25) is 0 Å². The number of likely N-dealkylation sites (N-methyl/N-ethyl adjacent to an activating group) is 1. The molecule has 0 aromatic carbocycles. The lowest BCUT2D eigenvalue weighted by Crippen LogP contribution is -2.35. The summed E-state index contributed by atoms with van der Waals surface area (Å²) in [5, 5.41) is 0. The molecule has 0 radical (unpaired) electrons. The number of ketones is 2. The fraction of sp³-hybridized carbons (Fsp3) is 0.450. The van der Waals surface area contributed by atoms with Crippen LogP contribution in [0.25, 0.3) is 0 Å². The minimum atomic E-state index is 0.0127. The summed E-state index contributed by atoms with van der Waals surface area (Å²) in [5.41, 5.74) is 2.48. The Hall–Kier alpha value is -2.23. The average molecular weight is 324 g/mol. The van der Waals surface area contributed by atoms with Crippen molar-refractivity contribution in [3.8, 4) is 0 Å². The summed E-state index contributed by atoms with van der Waals surface area (Å²) in [6.07, 6.45) is 10.7. The van der Waals surface area contributed by atoms with Gasteiger partial charge in [0.1, 0.15) is 5.84 Å². The Morgan fingerprint density at radius 2 is 1.62 bits per heavy atom. The maximum atomic E-state index is 12.5. The monoisotopic (exact) mass is 324 g/mol. The van der Waals surface area contributed by atoms with Crippen molar-refractivity contribution in [2.75, 3.05) is 7.05 Å². The Morgan fingerprint density at radius 1 is 0.958 bits per heavy atom. The van der Waals surface area contributed by atoms with E-state index in [0.717, 1.165) is 18.7 Å². The number of allylic oxidation sites excluding steroid dienone is 6. The van der Waals surface area contributed by atoms with Crippen LogP contribution in [0.5, 0.6) is 0 Å². The van der Waals surface area contributed by atoms with Gasteiger partial charge in [0.25, 0.3) is 0 Å². The standard InChI is InChI=1S/C20H24N2O2/c1-12-13(2)20(24)15(14(3)19(12)23)8-7-11-18-21-16-9-5-6-10-17(16)22(18)4/h5-6,9-10,16-17H,7-8,11H2,1-4H3. The highest BCUT2D eigenvalue weighted by Crippen LogP contribution is 2.28. The molecule has 126 valence electrons. The number of carbonyl (C=O) groups excluding carboxylic acids is 2. The first-order valence-corrected chi connectivity index (χ1v) is 8.53. The van der Waals surface area contributed by atoms with Crippen molar-refractivity contribution in [3.63, 3.8) is 0 Å². The number of hydrogen-bond donors (Lipinski definition) is 0. The summed E-state index contributed by atoms with van der Waals surface area (Å²) in [5.74, 6) is 1.13. The van der Waals surface area contributed by atoms with E-state index in [2.05, 4.69) is 30.2 Å². The molecule has 3 rings (SSSR count). The molecule has 0 spiro atoms. The zero-order chi connectivity index (χ0) is 17.4. The van der Waals surface area contributed by atoms with Crippen LogP contribution in [-0.4, -0.2) is 41.4 Å².